The summed E-state index contributed by atoms with van der Waals surface area (Å²) in [6, 6.07) is 7.67. The first-order chi connectivity index (χ1) is 15.2. The molecule has 0 amide bonds. The van der Waals surface area contributed by atoms with E-state index in [4.69, 9.17) is 15.1 Å². The molecule has 3 aromatic rings. The molecule has 8 nitrogen and oxygen atoms in total. The number of rotatable bonds is 10. The van der Waals surface area contributed by atoms with Gasteiger partial charge in [0.15, 0.2) is 5.82 Å². The number of ether oxygens (including phenoxy) is 1. The van der Waals surface area contributed by atoms with Crippen molar-refractivity contribution in [2.45, 2.75) is 19.8 Å². The van der Waals surface area contributed by atoms with Crippen LogP contribution < -0.4 is 20.7 Å². The number of nitrogens with one attached hydrogen (secondary N) is 4. The summed E-state index contributed by atoms with van der Waals surface area (Å²) in [7, 11) is 1.81. The Kier molecular flexibility index (Phi) is 6.26. The van der Waals surface area contributed by atoms with Gasteiger partial charge in [-0.2, -0.15) is 0 Å². The van der Waals surface area contributed by atoms with E-state index in [0.717, 1.165) is 46.0 Å². The fourth-order valence-electron chi connectivity index (χ4n) is 3.27. The molecule has 0 radical (unpaired) electrons. The molecule has 1 aliphatic rings. The number of allylic oxidation sites excluding steroid dienone is 1. The van der Waals surface area contributed by atoms with Crippen LogP contribution in [0.15, 0.2) is 42.9 Å². The molecule has 1 aromatic carbocycles. The zero-order valence-corrected chi connectivity index (χ0v) is 17.8. The van der Waals surface area contributed by atoms with Gasteiger partial charge in [-0.05, 0) is 49.4 Å². The van der Waals surface area contributed by atoms with Crippen molar-refractivity contribution in [2.24, 2.45) is 5.92 Å². The first-order valence-electron chi connectivity index (χ1n) is 10.5. The van der Waals surface area contributed by atoms with Gasteiger partial charge in [0.05, 0.1) is 12.3 Å². The quantitative estimate of drug-likeness (QED) is 0.366. The van der Waals surface area contributed by atoms with Crippen molar-refractivity contribution in [3.63, 3.8) is 0 Å². The SMILES string of the molecule is CCOc1cc(/C(C=N)=C/NC)ccc1Nc1ncc2ccnc(NCC3CC3)c2n1. The van der Waals surface area contributed by atoms with E-state index in [1.807, 2.05) is 38.2 Å². The van der Waals surface area contributed by atoms with E-state index >= 15 is 0 Å². The lowest BCUT2D eigenvalue weighted by Gasteiger charge is -2.14. The van der Waals surface area contributed by atoms with E-state index in [-0.39, 0.29) is 0 Å². The minimum atomic E-state index is 0.474. The lowest BCUT2D eigenvalue weighted by Crippen LogP contribution is -2.07. The van der Waals surface area contributed by atoms with Gasteiger partial charge in [0, 0.05) is 49.4 Å². The first kappa shape index (κ1) is 20.6. The maximum atomic E-state index is 7.65. The molecule has 160 valence electrons. The number of hydrogen-bond acceptors (Lipinski definition) is 8. The summed E-state index contributed by atoms with van der Waals surface area (Å²) in [6.07, 6.45) is 9.22. The van der Waals surface area contributed by atoms with Crippen LogP contribution in [0.5, 0.6) is 5.75 Å². The Balaban J connectivity index is 1.63. The largest absolute Gasteiger partial charge is 0.492 e. The molecule has 0 unspecified atom stereocenters. The molecular weight excluding hydrogens is 390 g/mol. The summed E-state index contributed by atoms with van der Waals surface area (Å²) in [5, 5.41) is 18.2. The van der Waals surface area contributed by atoms with Crippen molar-refractivity contribution in [2.75, 3.05) is 30.8 Å². The van der Waals surface area contributed by atoms with E-state index in [1.165, 1.54) is 19.1 Å². The standard InChI is InChI=1S/C23H27N7O/c1-3-31-20-10-16(18(11-24)13-25-2)6-7-19(20)29-23-28-14-17-8-9-26-22(21(17)30-23)27-12-15-4-5-15/h6-11,13-15,24-25H,3-5,12H2,1-2H3,(H,26,27)(H,28,29,30)/b18-13+,24-11?. The highest BCUT2D eigenvalue weighted by molar-refractivity contribution is 6.08. The third-order valence-corrected chi connectivity index (χ3v) is 5.07. The zero-order chi connectivity index (χ0) is 21.6. The maximum Gasteiger partial charge on any atom is 0.227 e. The third kappa shape index (κ3) is 4.91. The molecule has 1 fully saturated rings. The molecule has 1 saturated carbocycles. The second kappa shape index (κ2) is 9.42. The molecule has 8 heteroatoms. The molecule has 0 aliphatic heterocycles. The van der Waals surface area contributed by atoms with Gasteiger partial charge in [0.2, 0.25) is 5.95 Å². The van der Waals surface area contributed by atoms with Gasteiger partial charge in [-0.1, -0.05) is 6.07 Å². The van der Waals surface area contributed by atoms with Gasteiger partial charge >= 0.3 is 0 Å². The van der Waals surface area contributed by atoms with Crippen LogP contribution in [0.1, 0.15) is 25.3 Å². The zero-order valence-electron chi connectivity index (χ0n) is 17.8. The summed E-state index contributed by atoms with van der Waals surface area (Å²) >= 11 is 0. The number of aromatic nitrogens is 3. The van der Waals surface area contributed by atoms with Gasteiger partial charge in [0.1, 0.15) is 11.3 Å². The Morgan fingerprint density at radius 2 is 2.13 bits per heavy atom. The highest BCUT2D eigenvalue weighted by atomic mass is 16.5. The molecule has 0 bridgehead atoms. The lowest BCUT2D eigenvalue weighted by molar-refractivity contribution is 0.342. The van der Waals surface area contributed by atoms with Crippen molar-refractivity contribution < 1.29 is 4.74 Å². The number of benzene rings is 1. The highest BCUT2D eigenvalue weighted by Gasteiger charge is 2.21. The maximum absolute atomic E-state index is 7.65. The summed E-state index contributed by atoms with van der Waals surface area (Å²) in [6.45, 7) is 3.38. The van der Waals surface area contributed by atoms with Crippen molar-refractivity contribution >= 4 is 40.1 Å². The van der Waals surface area contributed by atoms with Crippen LogP contribution in [0.4, 0.5) is 17.5 Å². The first-order valence-corrected chi connectivity index (χ1v) is 10.5. The van der Waals surface area contributed by atoms with Crippen LogP contribution in [-0.4, -0.2) is 41.4 Å². The van der Waals surface area contributed by atoms with E-state index in [9.17, 15) is 0 Å². The van der Waals surface area contributed by atoms with Crippen LogP contribution in [0.3, 0.4) is 0 Å². The predicted octanol–water partition coefficient (Wildman–Crippen LogP) is 4.20. The summed E-state index contributed by atoms with van der Waals surface area (Å²) < 4.78 is 5.84. The average molecular weight is 418 g/mol. The van der Waals surface area contributed by atoms with Gasteiger partial charge in [-0.25, -0.2) is 15.0 Å². The molecule has 31 heavy (non-hydrogen) atoms. The molecule has 0 spiro atoms. The molecular formula is C23H27N7O. The smallest absolute Gasteiger partial charge is 0.227 e. The van der Waals surface area contributed by atoms with Crippen LogP contribution >= 0.6 is 0 Å². The van der Waals surface area contributed by atoms with E-state index in [0.29, 0.717) is 18.3 Å². The van der Waals surface area contributed by atoms with Crippen LogP contribution in [0.25, 0.3) is 16.5 Å². The van der Waals surface area contributed by atoms with Crippen molar-refractivity contribution in [3.8, 4) is 5.75 Å². The average Bonchev–Trinajstić information content (AvgIpc) is 3.62. The summed E-state index contributed by atoms with van der Waals surface area (Å²) in [5.74, 6) is 2.67. The predicted molar refractivity (Wildman–Crippen MR) is 125 cm³/mol. The van der Waals surface area contributed by atoms with Crippen molar-refractivity contribution in [1.82, 2.24) is 20.3 Å². The Bertz CT molecular complexity index is 1110. The van der Waals surface area contributed by atoms with Gasteiger partial charge in [-0.15, -0.1) is 0 Å². The van der Waals surface area contributed by atoms with Gasteiger partial charge < -0.3 is 26.1 Å². The van der Waals surface area contributed by atoms with E-state index in [1.54, 1.807) is 18.6 Å². The van der Waals surface area contributed by atoms with Crippen molar-refractivity contribution in [1.29, 1.82) is 5.41 Å². The van der Waals surface area contributed by atoms with E-state index in [2.05, 4.69) is 25.9 Å². The molecule has 1 aliphatic carbocycles. The van der Waals surface area contributed by atoms with Gasteiger partial charge in [0.25, 0.3) is 0 Å². The van der Waals surface area contributed by atoms with Crippen LogP contribution in [-0.2, 0) is 0 Å². The fraction of sp³-hybridized carbons (Fsp3) is 0.304. The van der Waals surface area contributed by atoms with Gasteiger partial charge in [-0.3, -0.25) is 0 Å². The lowest BCUT2D eigenvalue weighted by atomic mass is 10.1. The molecule has 0 saturated heterocycles. The van der Waals surface area contributed by atoms with Crippen LogP contribution in [0.2, 0.25) is 0 Å². The van der Waals surface area contributed by atoms with E-state index < -0.39 is 0 Å². The highest BCUT2D eigenvalue weighted by Crippen LogP contribution is 2.32. The Morgan fingerprint density at radius 1 is 1.26 bits per heavy atom. The topological polar surface area (TPSA) is 108 Å². The van der Waals surface area contributed by atoms with Crippen LogP contribution in [0, 0.1) is 11.3 Å². The monoisotopic (exact) mass is 417 g/mol. The number of fused-ring (bicyclic) bond motifs is 1. The number of anilines is 3. The molecule has 4 N–H and O–H groups in total. The number of nitrogens with zero attached hydrogens (tertiary/aromatic N) is 3. The second-order valence-corrected chi connectivity index (χ2v) is 7.42. The number of pyridine rings is 1. The Morgan fingerprint density at radius 3 is 2.87 bits per heavy atom. The summed E-state index contributed by atoms with van der Waals surface area (Å²) in [4.78, 5) is 13.6. The second-order valence-electron chi connectivity index (χ2n) is 7.42. The molecule has 4 rings (SSSR count). The normalized spacial score (nSPS) is 13.7. The summed E-state index contributed by atoms with van der Waals surface area (Å²) in [5.41, 5.74) is 3.19. The Labute approximate surface area is 181 Å². The molecule has 2 heterocycles. The fourth-order valence-corrected chi connectivity index (χ4v) is 3.27. The molecule has 2 aromatic heterocycles. The Hall–Kier alpha value is -3.68. The minimum absolute atomic E-state index is 0.474. The third-order valence-electron chi connectivity index (χ3n) is 5.07. The minimum Gasteiger partial charge on any atom is -0.492 e. The molecule has 0 atom stereocenters. The number of hydrogen-bond donors (Lipinski definition) is 4. The van der Waals surface area contributed by atoms with Crippen molar-refractivity contribution in [3.05, 3.63) is 48.4 Å².